The van der Waals surface area contributed by atoms with E-state index in [1.165, 1.54) is 5.56 Å². The smallest absolute Gasteiger partial charge is 0.119 e. The Labute approximate surface area is 117 Å². The highest BCUT2D eigenvalue weighted by Crippen LogP contribution is 2.20. The van der Waals surface area contributed by atoms with E-state index in [1.54, 1.807) is 14.2 Å². The Kier molecular flexibility index (Phi) is 6.32. The maximum absolute atomic E-state index is 5.53. The zero-order valence-electron chi connectivity index (χ0n) is 12.8. The van der Waals surface area contributed by atoms with Crippen LogP contribution < -0.4 is 10.1 Å². The molecule has 0 saturated carbocycles. The van der Waals surface area contributed by atoms with Gasteiger partial charge in [-0.25, -0.2) is 0 Å². The number of hydrogen-bond donors (Lipinski definition) is 1. The average Bonchev–Trinajstić information content (AvgIpc) is 2.39. The third-order valence-electron chi connectivity index (χ3n) is 3.40. The SMILES string of the molecule is CCNC(Cc1cccc(OC)c1)CC(C)(C)OC. The lowest BCUT2D eigenvalue weighted by molar-refractivity contribution is 0.00726. The Morgan fingerprint density at radius 2 is 2.00 bits per heavy atom. The van der Waals surface area contributed by atoms with Crippen molar-refractivity contribution in [2.45, 2.75) is 45.3 Å². The van der Waals surface area contributed by atoms with Crippen LogP contribution in [0.4, 0.5) is 0 Å². The van der Waals surface area contributed by atoms with Gasteiger partial charge in [-0.05, 0) is 50.9 Å². The molecule has 1 unspecified atom stereocenters. The summed E-state index contributed by atoms with van der Waals surface area (Å²) in [4.78, 5) is 0. The van der Waals surface area contributed by atoms with Crippen molar-refractivity contribution in [2.75, 3.05) is 20.8 Å². The van der Waals surface area contributed by atoms with Crippen molar-refractivity contribution in [1.29, 1.82) is 0 Å². The number of benzene rings is 1. The van der Waals surface area contributed by atoms with E-state index < -0.39 is 0 Å². The summed E-state index contributed by atoms with van der Waals surface area (Å²) in [7, 11) is 3.48. The second kappa shape index (κ2) is 7.51. The molecule has 0 saturated heterocycles. The third kappa shape index (κ3) is 5.62. The summed E-state index contributed by atoms with van der Waals surface area (Å²) in [5, 5.41) is 3.54. The molecule has 0 spiro atoms. The minimum Gasteiger partial charge on any atom is -0.497 e. The fraction of sp³-hybridized carbons (Fsp3) is 0.625. The summed E-state index contributed by atoms with van der Waals surface area (Å²) in [6.07, 6.45) is 1.96. The molecule has 0 bridgehead atoms. The second-order valence-electron chi connectivity index (χ2n) is 5.48. The third-order valence-corrected chi connectivity index (χ3v) is 3.40. The highest BCUT2D eigenvalue weighted by Gasteiger charge is 2.22. The number of likely N-dealkylation sites (N-methyl/N-ethyl adjacent to an activating group) is 1. The first-order valence-electron chi connectivity index (χ1n) is 6.92. The van der Waals surface area contributed by atoms with Crippen LogP contribution >= 0.6 is 0 Å². The van der Waals surface area contributed by atoms with Crippen LogP contribution in [0, 0.1) is 0 Å². The van der Waals surface area contributed by atoms with Crippen LogP contribution in [0.5, 0.6) is 5.75 Å². The summed E-state index contributed by atoms with van der Waals surface area (Å²) < 4.78 is 10.8. The van der Waals surface area contributed by atoms with Crippen LogP contribution in [0.15, 0.2) is 24.3 Å². The van der Waals surface area contributed by atoms with Crippen LogP contribution in [-0.2, 0) is 11.2 Å². The number of methoxy groups -OCH3 is 2. The molecule has 0 fully saturated rings. The fourth-order valence-corrected chi connectivity index (χ4v) is 2.27. The largest absolute Gasteiger partial charge is 0.497 e. The molecule has 3 heteroatoms. The predicted molar refractivity (Wildman–Crippen MR) is 79.9 cm³/mol. The first-order chi connectivity index (χ1) is 9.00. The van der Waals surface area contributed by atoms with Gasteiger partial charge in [-0.15, -0.1) is 0 Å². The maximum Gasteiger partial charge on any atom is 0.119 e. The van der Waals surface area contributed by atoms with Gasteiger partial charge in [0.25, 0.3) is 0 Å². The molecule has 3 nitrogen and oxygen atoms in total. The minimum atomic E-state index is -0.105. The molecule has 108 valence electrons. The van der Waals surface area contributed by atoms with Gasteiger partial charge in [0, 0.05) is 13.2 Å². The summed E-state index contributed by atoms with van der Waals surface area (Å²) in [6, 6.07) is 8.67. The van der Waals surface area contributed by atoms with Crippen molar-refractivity contribution < 1.29 is 9.47 Å². The van der Waals surface area contributed by atoms with Gasteiger partial charge in [-0.2, -0.15) is 0 Å². The quantitative estimate of drug-likeness (QED) is 0.783. The maximum atomic E-state index is 5.53. The van der Waals surface area contributed by atoms with E-state index in [0.29, 0.717) is 6.04 Å². The molecule has 0 amide bonds. The molecular formula is C16H27NO2. The van der Waals surface area contributed by atoms with Gasteiger partial charge in [0.15, 0.2) is 0 Å². The lowest BCUT2D eigenvalue weighted by Crippen LogP contribution is -2.39. The predicted octanol–water partition coefficient (Wildman–Crippen LogP) is 3.03. The van der Waals surface area contributed by atoms with E-state index in [-0.39, 0.29) is 5.60 Å². The summed E-state index contributed by atoms with van der Waals surface area (Å²) in [5.41, 5.74) is 1.18. The van der Waals surface area contributed by atoms with Crippen LogP contribution in [0.1, 0.15) is 32.8 Å². The zero-order valence-corrected chi connectivity index (χ0v) is 12.8. The second-order valence-corrected chi connectivity index (χ2v) is 5.48. The number of hydrogen-bond acceptors (Lipinski definition) is 3. The van der Waals surface area contributed by atoms with Gasteiger partial charge in [0.1, 0.15) is 5.75 Å². The van der Waals surface area contributed by atoms with E-state index in [0.717, 1.165) is 25.1 Å². The topological polar surface area (TPSA) is 30.5 Å². The number of nitrogens with one attached hydrogen (secondary N) is 1. The van der Waals surface area contributed by atoms with E-state index in [9.17, 15) is 0 Å². The fourth-order valence-electron chi connectivity index (χ4n) is 2.27. The van der Waals surface area contributed by atoms with Gasteiger partial charge in [0.2, 0.25) is 0 Å². The van der Waals surface area contributed by atoms with E-state index >= 15 is 0 Å². The van der Waals surface area contributed by atoms with Gasteiger partial charge >= 0.3 is 0 Å². The Hall–Kier alpha value is -1.06. The average molecular weight is 265 g/mol. The van der Waals surface area contributed by atoms with Crippen LogP contribution in [-0.4, -0.2) is 32.4 Å². The molecule has 0 aliphatic rings. The Morgan fingerprint density at radius 3 is 2.58 bits per heavy atom. The molecule has 0 aliphatic carbocycles. The minimum absolute atomic E-state index is 0.105. The molecule has 1 aromatic rings. The highest BCUT2D eigenvalue weighted by molar-refractivity contribution is 5.29. The van der Waals surface area contributed by atoms with Crippen molar-refractivity contribution in [2.24, 2.45) is 0 Å². The van der Waals surface area contributed by atoms with Crippen molar-refractivity contribution in [3.63, 3.8) is 0 Å². The van der Waals surface area contributed by atoms with Crippen LogP contribution in [0.2, 0.25) is 0 Å². The van der Waals surface area contributed by atoms with Crippen molar-refractivity contribution in [3.05, 3.63) is 29.8 Å². The molecule has 0 heterocycles. The van der Waals surface area contributed by atoms with Gasteiger partial charge < -0.3 is 14.8 Å². The number of rotatable bonds is 8. The number of ether oxygens (including phenoxy) is 2. The molecule has 1 rings (SSSR count). The van der Waals surface area contributed by atoms with Gasteiger partial charge in [0.05, 0.1) is 12.7 Å². The van der Waals surface area contributed by atoms with Crippen LogP contribution in [0.3, 0.4) is 0 Å². The van der Waals surface area contributed by atoms with E-state index in [1.807, 2.05) is 12.1 Å². The Balaban J connectivity index is 2.71. The molecule has 1 N–H and O–H groups in total. The van der Waals surface area contributed by atoms with Crippen molar-refractivity contribution in [1.82, 2.24) is 5.32 Å². The molecule has 0 radical (unpaired) electrons. The lowest BCUT2D eigenvalue weighted by Gasteiger charge is -2.29. The monoisotopic (exact) mass is 265 g/mol. The van der Waals surface area contributed by atoms with E-state index in [2.05, 4.69) is 38.2 Å². The summed E-state index contributed by atoms with van der Waals surface area (Å²) in [6.45, 7) is 7.36. The molecule has 19 heavy (non-hydrogen) atoms. The van der Waals surface area contributed by atoms with Gasteiger partial charge in [-0.1, -0.05) is 19.1 Å². The summed E-state index contributed by atoms with van der Waals surface area (Å²) in [5.74, 6) is 0.916. The molecular weight excluding hydrogens is 238 g/mol. The normalized spacial score (nSPS) is 13.3. The highest BCUT2D eigenvalue weighted by atomic mass is 16.5. The van der Waals surface area contributed by atoms with Crippen molar-refractivity contribution in [3.8, 4) is 5.75 Å². The van der Waals surface area contributed by atoms with Crippen LogP contribution in [0.25, 0.3) is 0 Å². The molecule has 0 aromatic heterocycles. The van der Waals surface area contributed by atoms with E-state index in [4.69, 9.17) is 9.47 Å². The Morgan fingerprint density at radius 1 is 1.26 bits per heavy atom. The first kappa shape index (κ1) is 16.0. The van der Waals surface area contributed by atoms with Gasteiger partial charge in [-0.3, -0.25) is 0 Å². The molecule has 1 aromatic carbocycles. The van der Waals surface area contributed by atoms with Crippen molar-refractivity contribution >= 4 is 0 Å². The summed E-state index contributed by atoms with van der Waals surface area (Å²) >= 11 is 0. The molecule has 1 atom stereocenters. The zero-order chi connectivity index (χ0) is 14.3. The standard InChI is InChI=1S/C16H27NO2/c1-6-17-14(12-16(2,3)19-5)10-13-8-7-9-15(11-13)18-4/h7-9,11,14,17H,6,10,12H2,1-5H3. The first-order valence-corrected chi connectivity index (χ1v) is 6.92. The Bertz CT molecular complexity index is 377. The lowest BCUT2D eigenvalue weighted by atomic mass is 9.94. The molecule has 0 aliphatic heterocycles.